The Morgan fingerprint density at radius 2 is 2.03 bits per heavy atom. The minimum absolute atomic E-state index is 0.00181. The molecule has 3 atom stereocenters. The molecule has 31 heavy (non-hydrogen) atoms. The number of carbonyl (C=O) groups is 1. The molecule has 1 amide bonds. The molecule has 2 aliphatic rings. The first-order chi connectivity index (χ1) is 15.1. The van der Waals surface area contributed by atoms with Gasteiger partial charge in [0.1, 0.15) is 24.8 Å². The highest BCUT2D eigenvalue weighted by molar-refractivity contribution is 5.78. The lowest BCUT2D eigenvalue weighted by Crippen LogP contribution is -2.56. The second kappa shape index (κ2) is 7.96. The molecule has 3 aromatic heterocycles. The van der Waals surface area contributed by atoms with Crippen LogP contribution in [0, 0.1) is 11.3 Å². The van der Waals surface area contributed by atoms with Crippen molar-refractivity contribution < 1.29 is 9.53 Å². The van der Waals surface area contributed by atoms with E-state index < -0.39 is 0 Å². The summed E-state index contributed by atoms with van der Waals surface area (Å²) in [5, 5.41) is 13.2. The average Bonchev–Trinajstić information content (AvgIpc) is 3.38. The zero-order valence-electron chi connectivity index (χ0n) is 17.3. The van der Waals surface area contributed by atoms with Crippen molar-refractivity contribution in [2.45, 2.75) is 38.0 Å². The summed E-state index contributed by atoms with van der Waals surface area (Å²) in [6, 6.07) is 12.0. The van der Waals surface area contributed by atoms with E-state index in [9.17, 15) is 4.79 Å². The van der Waals surface area contributed by atoms with Gasteiger partial charge >= 0.3 is 0 Å². The van der Waals surface area contributed by atoms with Gasteiger partial charge in [0, 0.05) is 31.4 Å². The molecular formula is C22H23N7O2. The highest BCUT2D eigenvalue weighted by Crippen LogP contribution is 2.34. The summed E-state index contributed by atoms with van der Waals surface area (Å²) in [4.78, 5) is 25.8. The van der Waals surface area contributed by atoms with Gasteiger partial charge in [0.05, 0.1) is 17.4 Å². The standard InChI is InChI=1S/C22H23N7O2/c1-15(19-3-2-4-21-25-14-26-29(19)21)31-13-22(30)27-11-17-6-7-18(12-27)28(17)20-8-5-16(9-23)10-24-20/h2-5,8,10,14-15,17-18H,6-7,11-13H2,1H3/t15?,17-,18?/m0/s1. The molecule has 2 bridgehead atoms. The van der Waals surface area contributed by atoms with E-state index in [-0.39, 0.29) is 30.7 Å². The summed E-state index contributed by atoms with van der Waals surface area (Å²) in [5.41, 5.74) is 2.17. The number of nitrogens with zero attached hydrogens (tertiary/aromatic N) is 7. The van der Waals surface area contributed by atoms with Crippen LogP contribution in [-0.2, 0) is 9.53 Å². The summed E-state index contributed by atoms with van der Waals surface area (Å²) in [6.07, 6.45) is 4.89. The van der Waals surface area contributed by atoms with E-state index in [1.165, 1.54) is 6.33 Å². The smallest absolute Gasteiger partial charge is 0.248 e. The lowest BCUT2D eigenvalue weighted by molar-refractivity contribution is -0.139. The molecule has 158 valence electrons. The third-order valence-electron chi connectivity index (χ3n) is 6.18. The summed E-state index contributed by atoms with van der Waals surface area (Å²) >= 11 is 0. The molecule has 9 nitrogen and oxygen atoms in total. The molecule has 2 saturated heterocycles. The Labute approximate surface area is 179 Å². The molecule has 2 unspecified atom stereocenters. The third-order valence-corrected chi connectivity index (χ3v) is 6.18. The molecule has 0 radical (unpaired) electrons. The largest absolute Gasteiger partial charge is 0.362 e. The van der Waals surface area contributed by atoms with Crippen LogP contribution in [0.15, 0.2) is 42.9 Å². The zero-order chi connectivity index (χ0) is 21.4. The Balaban J connectivity index is 1.22. The van der Waals surface area contributed by atoms with Crippen molar-refractivity contribution >= 4 is 17.4 Å². The number of anilines is 1. The summed E-state index contributed by atoms with van der Waals surface area (Å²) in [6.45, 7) is 3.27. The van der Waals surface area contributed by atoms with Crippen LogP contribution >= 0.6 is 0 Å². The van der Waals surface area contributed by atoms with Crippen molar-refractivity contribution in [3.05, 3.63) is 54.1 Å². The van der Waals surface area contributed by atoms with E-state index in [4.69, 9.17) is 10.00 Å². The fourth-order valence-corrected chi connectivity index (χ4v) is 4.63. The van der Waals surface area contributed by atoms with Crippen molar-refractivity contribution in [3.8, 4) is 6.07 Å². The van der Waals surface area contributed by atoms with E-state index in [0.717, 1.165) is 30.0 Å². The first-order valence-corrected chi connectivity index (χ1v) is 10.5. The van der Waals surface area contributed by atoms with Crippen molar-refractivity contribution in [2.75, 3.05) is 24.6 Å². The first kappa shape index (κ1) is 19.5. The number of fused-ring (bicyclic) bond motifs is 3. The van der Waals surface area contributed by atoms with E-state index >= 15 is 0 Å². The number of piperazine rings is 1. The number of aromatic nitrogens is 4. The molecule has 0 N–H and O–H groups in total. The van der Waals surface area contributed by atoms with Gasteiger partial charge in [0.15, 0.2) is 5.65 Å². The Kier molecular flexibility index (Phi) is 5.00. The summed E-state index contributed by atoms with van der Waals surface area (Å²) < 4.78 is 7.65. The predicted molar refractivity (Wildman–Crippen MR) is 112 cm³/mol. The van der Waals surface area contributed by atoms with Crippen molar-refractivity contribution in [3.63, 3.8) is 0 Å². The molecular weight excluding hydrogens is 394 g/mol. The number of pyridine rings is 2. The van der Waals surface area contributed by atoms with Gasteiger partial charge in [-0.05, 0) is 44.0 Å². The fourth-order valence-electron chi connectivity index (χ4n) is 4.63. The van der Waals surface area contributed by atoms with Crippen LogP contribution < -0.4 is 4.90 Å². The van der Waals surface area contributed by atoms with E-state index in [0.29, 0.717) is 18.7 Å². The predicted octanol–water partition coefficient (Wildman–Crippen LogP) is 1.95. The quantitative estimate of drug-likeness (QED) is 0.626. The third kappa shape index (κ3) is 3.59. The number of rotatable bonds is 5. The summed E-state index contributed by atoms with van der Waals surface area (Å²) in [5.74, 6) is 0.881. The van der Waals surface area contributed by atoms with E-state index in [1.54, 1.807) is 16.8 Å². The maximum Gasteiger partial charge on any atom is 0.248 e. The van der Waals surface area contributed by atoms with E-state index in [2.05, 4.69) is 26.0 Å². The molecule has 0 saturated carbocycles. The van der Waals surface area contributed by atoms with Crippen LogP contribution in [0.2, 0.25) is 0 Å². The van der Waals surface area contributed by atoms with Crippen molar-refractivity contribution in [1.29, 1.82) is 5.26 Å². The number of hydrogen-bond donors (Lipinski definition) is 0. The van der Waals surface area contributed by atoms with Gasteiger partial charge in [-0.3, -0.25) is 4.79 Å². The molecule has 5 rings (SSSR count). The van der Waals surface area contributed by atoms with Crippen LogP contribution in [0.25, 0.3) is 5.65 Å². The van der Waals surface area contributed by atoms with Gasteiger partial charge in [-0.15, -0.1) is 0 Å². The maximum atomic E-state index is 12.9. The number of hydrogen-bond acceptors (Lipinski definition) is 7. The van der Waals surface area contributed by atoms with Crippen molar-refractivity contribution in [1.82, 2.24) is 24.5 Å². The van der Waals surface area contributed by atoms with Crippen LogP contribution in [0.4, 0.5) is 5.82 Å². The molecule has 0 aromatic carbocycles. The lowest BCUT2D eigenvalue weighted by atomic mass is 10.1. The molecule has 9 heteroatoms. The molecule has 0 spiro atoms. The van der Waals surface area contributed by atoms with E-state index in [1.807, 2.05) is 36.1 Å². The van der Waals surface area contributed by atoms with Gasteiger partial charge in [-0.2, -0.15) is 10.4 Å². The highest BCUT2D eigenvalue weighted by atomic mass is 16.5. The second-order valence-corrected chi connectivity index (χ2v) is 8.04. The van der Waals surface area contributed by atoms with Crippen LogP contribution in [0.5, 0.6) is 0 Å². The van der Waals surface area contributed by atoms with Gasteiger partial charge in [0.25, 0.3) is 0 Å². The van der Waals surface area contributed by atoms with Gasteiger partial charge in [-0.1, -0.05) is 6.07 Å². The highest BCUT2D eigenvalue weighted by Gasteiger charge is 2.42. The Bertz CT molecular complexity index is 1120. The Morgan fingerprint density at radius 1 is 1.23 bits per heavy atom. The van der Waals surface area contributed by atoms with Gasteiger partial charge in [0.2, 0.25) is 5.91 Å². The second-order valence-electron chi connectivity index (χ2n) is 8.04. The minimum atomic E-state index is -0.282. The number of carbonyl (C=O) groups excluding carboxylic acids is 1. The monoisotopic (exact) mass is 417 g/mol. The minimum Gasteiger partial charge on any atom is -0.362 e. The normalized spacial score (nSPS) is 21.3. The van der Waals surface area contributed by atoms with Gasteiger partial charge in [-0.25, -0.2) is 14.5 Å². The maximum absolute atomic E-state index is 12.9. The molecule has 3 aromatic rings. The number of nitriles is 1. The molecule has 5 heterocycles. The summed E-state index contributed by atoms with van der Waals surface area (Å²) in [7, 11) is 0. The Morgan fingerprint density at radius 3 is 2.74 bits per heavy atom. The van der Waals surface area contributed by atoms with Crippen molar-refractivity contribution in [2.24, 2.45) is 0 Å². The number of ether oxygens (including phenoxy) is 1. The number of amides is 1. The zero-order valence-corrected chi connectivity index (χ0v) is 17.3. The average molecular weight is 417 g/mol. The first-order valence-electron chi connectivity index (χ1n) is 10.5. The topological polar surface area (TPSA) is 99.7 Å². The lowest BCUT2D eigenvalue weighted by Gasteiger charge is -2.41. The Hall–Kier alpha value is -3.51. The van der Waals surface area contributed by atoms with Crippen LogP contribution in [0.1, 0.15) is 37.1 Å². The fraction of sp³-hybridized carbons (Fsp3) is 0.409. The van der Waals surface area contributed by atoms with Crippen LogP contribution in [0.3, 0.4) is 0 Å². The SMILES string of the molecule is CC(OCC(=O)N1CC2CC[C@@H](C1)N2c1ccc(C#N)cn1)c1cccc2ncnn12. The molecule has 2 aliphatic heterocycles. The molecule has 0 aliphatic carbocycles. The number of likely N-dealkylation sites (tertiary alicyclic amines) is 1. The molecule has 2 fully saturated rings. The van der Waals surface area contributed by atoms with Crippen LogP contribution in [-0.4, -0.2) is 62.2 Å². The van der Waals surface area contributed by atoms with Gasteiger partial charge < -0.3 is 14.5 Å².